The number of carbonyl (C=O) groups excluding carboxylic acids is 2. The quantitative estimate of drug-likeness (QED) is 0.432. The van der Waals surface area contributed by atoms with Gasteiger partial charge < -0.3 is 19.8 Å². The minimum absolute atomic E-state index is 0.0478. The number of benzene rings is 1. The highest BCUT2D eigenvalue weighted by Gasteiger charge is 2.37. The highest BCUT2D eigenvalue weighted by atomic mass is 32.2. The third kappa shape index (κ3) is 5.38. The van der Waals surface area contributed by atoms with Crippen LogP contribution >= 0.6 is 11.8 Å². The maximum absolute atomic E-state index is 12.8. The number of dihydropyridines is 1. The van der Waals surface area contributed by atoms with Crippen molar-refractivity contribution in [2.45, 2.75) is 26.7 Å². The lowest BCUT2D eigenvalue weighted by atomic mass is 9.86. The van der Waals surface area contributed by atoms with Crippen molar-refractivity contribution < 1.29 is 18.7 Å². The molecule has 33 heavy (non-hydrogen) atoms. The van der Waals surface area contributed by atoms with Crippen molar-refractivity contribution in [1.82, 2.24) is 5.32 Å². The average Bonchev–Trinajstić information content (AvgIpc) is 3.32. The SMILES string of the molecule is C=CCOC(=O)C1=C(C)NC(SCC(=O)Nc2c(C)cccc2C)=C(C#N)C1c1ccco1. The van der Waals surface area contributed by atoms with Gasteiger partial charge in [-0.3, -0.25) is 4.79 Å². The minimum atomic E-state index is -0.743. The zero-order valence-electron chi connectivity index (χ0n) is 18.7. The Labute approximate surface area is 197 Å². The number of ether oxygens (including phenoxy) is 1. The first-order valence-corrected chi connectivity index (χ1v) is 11.3. The molecule has 0 saturated carbocycles. The molecule has 1 aliphatic rings. The molecule has 0 radical (unpaired) electrons. The second kappa shape index (κ2) is 10.7. The van der Waals surface area contributed by atoms with E-state index in [1.165, 1.54) is 24.1 Å². The van der Waals surface area contributed by atoms with Crippen LogP contribution in [0.1, 0.15) is 29.7 Å². The van der Waals surface area contributed by atoms with Crippen molar-refractivity contribution in [3.8, 4) is 6.07 Å². The van der Waals surface area contributed by atoms with Crippen LogP contribution in [0.5, 0.6) is 0 Å². The van der Waals surface area contributed by atoms with Gasteiger partial charge in [0.1, 0.15) is 12.4 Å². The van der Waals surface area contributed by atoms with Gasteiger partial charge in [0.15, 0.2) is 0 Å². The number of rotatable bonds is 8. The molecule has 0 fully saturated rings. The van der Waals surface area contributed by atoms with Crippen molar-refractivity contribution >= 4 is 29.3 Å². The van der Waals surface area contributed by atoms with Crippen LogP contribution in [0.15, 0.2) is 75.5 Å². The van der Waals surface area contributed by atoms with Gasteiger partial charge in [0.2, 0.25) is 5.91 Å². The summed E-state index contributed by atoms with van der Waals surface area (Å²) in [6.45, 7) is 9.20. The maximum Gasteiger partial charge on any atom is 0.337 e. The molecule has 8 heteroatoms. The molecule has 0 spiro atoms. The summed E-state index contributed by atoms with van der Waals surface area (Å²) < 4.78 is 10.8. The number of nitrogens with one attached hydrogen (secondary N) is 2. The number of esters is 1. The Hall–Kier alpha value is -3.70. The molecule has 7 nitrogen and oxygen atoms in total. The molecule has 2 N–H and O–H groups in total. The fourth-order valence-electron chi connectivity index (χ4n) is 3.57. The lowest BCUT2D eigenvalue weighted by molar-refractivity contribution is -0.138. The molecule has 0 saturated heterocycles. The van der Waals surface area contributed by atoms with Crippen LogP contribution in [0, 0.1) is 25.2 Å². The van der Waals surface area contributed by atoms with E-state index in [1.54, 1.807) is 19.1 Å². The van der Waals surface area contributed by atoms with Gasteiger partial charge in [-0.05, 0) is 44.0 Å². The smallest absolute Gasteiger partial charge is 0.337 e. The summed E-state index contributed by atoms with van der Waals surface area (Å²) in [7, 11) is 0. The Bertz CT molecular complexity index is 1150. The first kappa shape index (κ1) is 24.0. The van der Waals surface area contributed by atoms with E-state index in [0.717, 1.165) is 16.8 Å². The molecule has 0 bridgehead atoms. The lowest BCUT2D eigenvalue weighted by Crippen LogP contribution is -2.29. The Morgan fingerprint density at radius 3 is 2.61 bits per heavy atom. The Morgan fingerprint density at radius 2 is 2.00 bits per heavy atom. The number of para-hydroxylation sites is 1. The molecule has 3 rings (SSSR count). The van der Waals surface area contributed by atoms with Crippen molar-refractivity contribution in [3.05, 3.63) is 88.0 Å². The summed E-state index contributed by atoms with van der Waals surface area (Å²) in [4.78, 5) is 25.4. The van der Waals surface area contributed by atoms with Gasteiger partial charge in [0.25, 0.3) is 0 Å². The summed E-state index contributed by atoms with van der Waals surface area (Å²) in [5.41, 5.74) is 3.83. The summed E-state index contributed by atoms with van der Waals surface area (Å²) >= 11 is 1.20. The molecular weight excluding hydrogens is 438 g/mol. The molecule has 1 amide bonds. The number of aryl methyl sites for hydroxylation is 2. The minimum Gasteiger partial charge on any atom is -0.468 e. The average molecular weight is 464 g/mol. The molecule has 1 aromatic heterocycles. The van der Waals surface area contributed by atoms with E-state index in [0.29, 0.717) is 16.5 Å². The van der Waals surface area contributed by atoms with Gasteiger partial charge in [0.05, 0.1) is 40.2 Å². The predicted molar refractivity (Wildman–Crippen MR) is 128 cm³/mol. The van der Waals surface area contributed by atoms with Crippen LogP contribution in [0.4, 0.5) is 5.69 Å². The Kier molecular flexibility index (Phi) is 7.80. The molecule has 0 aliphatic carbocycles. The fourth-order valence-corrected chi connectivity index (χ4v) is 4.47. The van der Waals surface area contributed by atoms with Crippen LogP contribution in [0.2, 0.25) is 0 Å². The van der Waals surface area contributed by atoms with E-state index in [1.807, 2.05) is 32.0 Å². The number of nitriles is 1. The van der Waals surface area contributed by atoms with Gasteiger partial charge in [0, 0.05) is 11.4 Å². The lowest BCUT2D eigenvalue weighted by Gasteiger charge is -2.27. The van der Waals surface area contributed by atoms with E-state index in [-0.39, 0.29) is 29.4 Å². The van der Waals surface area contributed by atoms with E-state index < -0.39 is 11.9 Å². The zero-order valence-corrected chi connectivity index (χ0v) is 19.5. The normalized spacial score (nSPS) is 15.5. The predicted octanol–water partition coefficient (Wildman–Crippen LogP) is 4.69. The standard InChI is InChI=1S/C25H25N3O4S/c1-5-11-32-25(30)21-17(4)27-24(18(13-26)22(21)19-10-7-12-31-19)33-14-20(29)28-23-15(2)8-6-9-16(23)3/h5-10,12,22,27H,1,11,14H2,2-4H3,(H,28,29). The van der Waals surface area contributed by atoms with Crippen LogP contribution in [0.3, 0.4) is 0 Å². The molecule has 170 valence electrons. The van der Waals surface area contributed by atoms with E-state index in [4.69, 9.17) is 9.15 Å². The second-order valence-electron chi connectivity index (χ2n) is 7.46. The number of hydrogen-bond donors (Lipinski definition) is 2. The Balaban J connectivity index is 1.85. The second-order valence-corrected chi connectivity index (χ2v) is 8.44. The highest BCUT2D eigenvalue weighted by molar-refractivity contribution is 8.03. The van der Waals surface area contributed by atoms with Crippen molar-refractivity contribution in [3.63, 3.8) is 0 Å². The van der Waals surface area contributed by atoms with E-state index >= 15 is 0 Å². The number of anilines is 1. The van der Waals surface area contributed by atoms with Crippen molar-refractivity contribution in [2.75, 3.05) is 17.7 Å². The fraction of sp³-hybridized carbons (Fsp3) is 0.240. The van der Waals surface area contributed by atoms with E-state index in [9.17, 15) is 14.9 Å². The zero-order chi connectivity index (χ0) is 24.0. The molecule has 2 aromatic rings. The molecule has 1 aliphatic heterocycles. The van der Waals surface area contributed by atoms with Gasteiger partial charge in [-0.2, -0.15) is 5.26 Å². The summed E-state index contributed by atoms with van der Waals surface area (Å²) in [5, 5.41) is 16.5. The topological polar surface area (TPSA) is 104 Å². The van der Waals surface area contributed by atoms with E-state index in [2.05, 4.69) is 23.3 Å². The van der Waals surface area contributed by atoms with Gasteiger partial charge >= 0.3 is 5.97 Å². The van der Waals surface area contributed by atoms with Gasteiger partial charge in [-0.25, -0.2) is 4.79 Å². The monoisotopic (exact) mass is 463 g/mol. The third-order valence-corrected chi connectivity index (χ3v) is 6.14. The van der Waals surface area contributed by atoms with Crippen LogP contribution in [-0.2, 0) is 14.3 Å². The van der Waals surface area contributed by atoms with Crippen molar-refractivity contribution in [2.24, 2.45) is 0 Å². The number of allylic oxidation sites excluding steroid dienone is 2. The largest absolute Gasteiger partial charge is 0.468 e. The van der Waals surface area contributed by atoms with Crippen LogP contribution in [0.25, 0.3) is 0 Å². The Morgan fingerprint density at radius 1 is 1.27 bits per heavy atom. The molecular formula is C25H25N3O4S. The number of thioether (sulfide) groups is 1. The molecule has 1 unspecified atom stereocenters. The molecule has 1 atom stereocenters. The summed E-state index contributed by atoms with van der Waals surface area (Å²) in [5.74, 6) is -0.985. The number of furan rings is 1. The third-order valence-electron chi connectivity index (χ3n) is 5.12. The van der Waals surface area contributed by atoms with Gasteiger partial charge in [-0.1, -0.05) is 42.6 Å². The van der Waals surface area contributed by atoms with Gasteiger partial charge in [-0.15, -0.1) is 0 Å². The number of nitrogens with zero attached hydrogens (tertiary/aromatic N) is 1. The molecule has 1 aromatic carbocycles. The first-order valence-electron chi connectivity index (χ1n) is 10.3. The maximum atomic E-state index is 12.8. The summed E-state index contributed by atoms with van der Waals surface area (Å²) in [6, 6.07) is 11.4. The number of amides is 1. The van der Waals surface area contributed by atoms with Crippen LogP contribution in [-0.4, -0.2) is 24.2 Å². The number of hydrogen-bond acceptors (Lipinski definition) is 7. The summed E-state index contributed by atoms with van der Waals surface area (Å²) in [6.07, 6.45) is 2.96. The van der Waals surface area contributed by atoms with Crippen molar-refractivity contribution in [1.29, 1.82) is 5.26 Å². The first-order chi connectivity index (χ1) is 15.9. The number of carbonyl (C=O) groups is 2. The molecule has 2 heterocycles. The highest BCUT2D eigenvalue weighted by Crippen LogP contribution is 2.41. The van der Waals surface area contributed by atoms with Crippen LogP contribution < -0.4 is 10.6 Å².